The van der Waals surface area contributed by atoms with Crippen molar-refractivity contribution >= 4 is 16.7 Å². The maximum atomic E-state index is 11.8. The van der Waals surface area contributed by atoms with Gasteiger partial charge in [-0.3, -0.25) is 14.8 Å². The number of amidine groups is 1. The number of hydrogen-bond acceptors (Lipinski definition) is 3. The first-order valence-electron chi connectivity index (χ1n) is 5.41. The Hall–Kier alpha value is -2.37. The Labute approximate surface area is 103 Å². The lowest BCUT2D eigenvalue weighted by atomic mass is 10.1. The molecule has 0 radical (unpaired) electrons. The van der Waals surface area contributed by atoms with E-state index >= 15 is 0 Å². The van der Waals surface area contributed by atoms with E-state index in [2.05, 4.69) is 4.98 Å². The van der Waals surface area contributed by atoms with Crippen molar-refractivity contribution in [2.45, 2.75) is 0 Å². The van der Waals surface area contributed by atoms with Crippen LogP contribution in [0.15, 0.2) is 27.8 Å². The van der Waals surface area contributed by atoms with Gasteiger partial charge in [-0.2, -0.15) is 0 Å². The van der Waals surface area contributed by atoms with Crippen LogP contribution in [0.25, 0.3) is 10.9 Å². The molecule has 0 unspecified atom stereocenters. The first-order chi connectivity index (χ1) is 8.41. The zero-order valence-corrected chi connectivity index (χ0v) is 10.4. The zero-order chi connectivity index (χ0) is 13.4. The summed E-state index contributed by atoms with van der Waals surface area (Å²) in [7, 11) is 4.95. The summed E-state index contributed by atoms with van der Waals surface area (Å²) in [5, 5.41) is 8.30. The average molecular weight is 246 g/mol. The summed E-state index contributed by atoms with van der Waals surface area (Å²) < 4.78 is 1.03. The summed E-state index contributed by atoms with van der Waals surface area (Å²) >= 11 is 0. The molecule has 2 rings (SSSR count). The second-order valence-electron chi connectivity index (χ2n) is 4.30. The van der Waals surface area contributed by atoms with Crippen LogP contribution in [-0.2, 0) is 7.05 Å². The number of hydrogen-bond donors (Lipinski definition) is 2. The largest absolute Gasteiger partial charge is 0.363 e. The highest BCUT2D eigenvalue weighted by molar-refractivity contribution is 5.99. The molecule has 0 bridgehead atoms. The third-order valence-electron chi connectivity index (χ3n) is 2.82. The van der Waals surface area contributed by atoms with Gasteiger partial charge in [-0.15, -0.1) is 0 Å². The summed E-state index contributed by atoms with van der Waals surface area (Å²) in [5.41, 5.74) is 0.307. The van der Waals surface area contributed by atoms with E-state index in [1.165, 1.54) is 7.05 Å². The van der Waals surface area contributed by atoms with Crippen LogP contribution in [0.2, 0.25) is 0 Å². The van der Waals surface area contributed by atoms with E-state index in [4.69, 9.17) is 5.41 Å². The van der Waals surface area contributed by atoms with E-state index in [0.717, 1.165) is 4.57 Å². The van der Waals surface area contributed by atoms with Crippen molar-refractivity contribution in [3.8, 4) is 0 Å². The number of aromatic nitrogens is 2. The van der Waals surface area contributed by atoms with Gasteiger partial charge in [0.2, 0.25) is 0 Å². The number of benzene rings is 1. The average Bonchev–Trinajstić information content (AvgIpc) is 2.34. The SMILES string of the molecule is CN(C)C(=N)c1ccc2c(=O)n(C)c(=O)[nH]c2c1. The molecule has 6 nitrogen and oxygen atoms in total. The third kappa shape index (κ3) is 1.81. The Morgan fingerprint density at radius 2 is 2.00 bits per heavy atom. The highest BCUT2D eigenvalue weighted by Gasteiger charge is 2.08. The minimum Gasteiger partial charge on any atom is -0.363 e. The maximum Gasteiger partial charge on any atom is 0.328 e. The van der Waals surface area contributed by atoms with E-state index < -0.39 is 5.69 Å². The lowest BCUT2D eigenvalue weighted by Gasteiger charge is -2.14. The summed E-state index contributed by atoms with van der Waals surface area (Å²) in [6, 6.07) is 4.96. The molecule has 94 valence electrons. The molecule has 0 fully saturated rings. The van der Waals surface area contributed by atoms with E-state index in [-0.39, 0.29) is 5.56 Å². The van der Waals surface area contributed by atoms with Crippen molar-refractivity contribution < 1.29 is 0 Å². The molecule has 2 N–H and O–H groups in total. The molecule has 18 heavy (non-hydrogen) atoms. The molecule has 0 atom stereocenters. The van der Waals surface area contributed by atoms with Gasteiger partial charge in [-0.1, -0.05) is 6.07 Å². The summed E-state index contributed by atoms with van der Waals surface area (Å²) in [6.45, 7) is 0. The van der Waals surface area contributed by atoms with Crippen LogP contribution in [-0.4, -0.2) is 34.4 Å². The molecule has 1 aromatic heterocycles. The Morgan fingerprint density at radius 1 is 1.33 bits per heavy atom. The van der Waals surface area contributed by atoms with Crippen molar-refractivity contribution in [2.24, 2.45) is 7.05 Å². The molecule has 1 aromatic carbocycles. The van der Waals surface area contributed by atoms with Crippen LogP contribution < -0.4 is 11.2 Å². The fourth-order valence-corrected chi connectivity index (χ4v) is 1.71. The topological polar surface area (TPSA) is 81.9 Å². The van der Waals surface area contributed by atoms with Gasteiger partial charge in [0.05, 0.1) is 10.9 Å². The molecule has 0 saturated heterocycles. The molecular weight excluding hydrogens is 232 g/mol. The minimum atomic E-state index is -0.457. The van der Waals surface area contributed by atoms with E-state index in [0.29, 0.717) is 22.3 Å². The quantitative estimate of drug-likeness (QED) is 0.553. The molecule has 0 saturated carbocycles. The normalized spacial score (nSPS) is 10.6. The standard InChI is InChI=1S/C12H14N4O2/c1-15(2)10(13)7-4-5-8-9(6-7)14-12(18)16(3)11(8)17/h4-6,13H,1-3H3,(H,14,18). The predicted octanol–water partition coefficient (Wildman–Crippen LogP) is 0.114. The van der Waals surface area contributed by atoms with E-state index in [1.807, 2.05) is 0 Å². The molecule has 0 aliphatic carbocycles. The van der Waals surface area contributed by atoms with Gasteiger partial charge in [-0.05, 0) is 12.1 Å². The van der Waals surface area contributed by atoms with Crippen molar-refractivity contribution in [1.29, 1.82) is 5.41 Å². The Kier molecular flexibility index (Phi) is 2.78. The molecule has 0 aliphatic rings. The lowest BCUT2D eigenvalue weighted by molar-refractivity contribution is 0.619. The highest BCUT2D eigenvalue weighted by atomic mass is 16.2. The van der Waals surface area contributed by atoms with Crippen molar-refractivity contribution in [1.82, 2.24) is 14.5 Å². The number of nitrogens with zero attached hydrogens (tertiary/aromatic N) is 2. The zero-order valence-electron chi connectivity index (χ0n) is 10.4. The molecule has 2 aromatic rings. The van der Waals surface area contributed by atoms with Crippen LogP contribution in [0.4, 0.5) is 0 Å². The molecule has 0 spiro atoms. The number of aromatic amines is 1. The van der Waals surface area contributed by atoms with Gasteiger partial charge in [0.25, 0.3) is 5.56 Å². The van der Waals surface area contributed by atoms with Crippen LogP contribution in [0, 0.1) is 5.41 Å². The first kappa shape index (κ1) is 12.1. The number of fused-ring (bicyclic) bond motifs is 1. The van der Waals surface area contributed by atoms with Gasteiger partial charge in [0.15, 0.2) is 0 Å². The van der Waals surface area contributed by atoms with Gasteiger partial charge < -0.3 is 9.88 Å². The first-order valence-corrected chi connectivity index (χ1v) is 5.41. The van der Waals surface area contributed by atoms with Crippen molar-refractivity contribution in [2.75, 3.05) is 14.1 Å². The summed E-state index contributed by atoms with van der Waals surface area (Å²) in [6.07, 6.45) is 0. The third-order valence-corrected chi connectivity index (χ3v) is 2.82. The smallest absolute Gasteiger partial charge is 0.328 e. The number of rotatable bonds is 1. The Morgan fingerprint density at radius 3 is 2.61 bits per heavy atom. The fourth-order valence-electron chi connectivity index (χ4n) is 1.71. The number of H-pyrrole nitrogens is 1. The van der Waals surface area contributed by atoms with Crippen molar-refractivity contribution in [3.63, 3.8) is 0 Å². The Balaban J connectivity index is 2.75. The monoisotopic (exact) mass is 246 g/mol. The van der Waals surface area contributed by atoms with Crippen LogP contribution >= 0.6 is 0 Å². The fraction of sp³-hybridized carbons (Fsp3) is 0.250. The van der Waals surface area contributed by atoms with Crippen LogP contribution in [0.1, 0.15) is 5.56 Å². The predicted molar refractivity (Wildman–Crippen MR) is 70.3 cm³/mol. The van der Waals surface area contributed by atoms with Gasteiger partial charge in [-0.25, -0.2) is 4.79 Å². The highest BCUT2D eigenvalue weighted by Crippen LogP contribution is 2.10. The molecule has 1 heterocycles. The van der Waals surface area contributed by atoms with Crippen LogP contribution in [0.3, 0.4) is 0 Å². The van der Waals surface area contributed by atoms with E-state index in [1.54, 1.807) is 37.2 Å². The minimum absolute atomic E-state index is 0.318. The molecule has 6 heteroatoms. The second kappa shape index (κ2) is 4.14. The number of nitrogens with one attached hydrogen (secondary N) is 2. The molecule has 0 amide bonds. The van der Waals surface area contributed by atoms with Crippen LogP contribution in [0.5, 0.6) is 0 Å². The summed E-state index contributed by atoms with van der Waals surface area (Å²) in [4.78, 5) is 27.6. The van der Waals surface area contributed by atoms with Crippen molar-refractivity contribution in [3.05, 3.63) is 44.6 Å². The van der Waals surface area contributed by atoms with E-state index in [9.17, 15) is 9.59 Å². The second-order valence-corrected chi connectivity index (χ2v) is 4.30. The van der Waals surface area contributed by atoms with Gasteiger partial charge >= 0.3 is 5.69 Å². The molecular formula is C12H14N4O2. The van der Waals surface area contributed by atoms with Gasteiger partial charge in [0, 0.05) is 26.7 Å². The lowest BCUT2D eigenvalue weighted by Crippen LogP contribution is -2.32. The maximum absolute atomic E-state index is 11.8. The Bertz CT molecular complexity index is 740. The summed E-state index contributed by atoms with van der Waals surface area (Å²) in [5.74, 6) is 0.318. The molecule has 0 aliphatic heterocycles. The van der Waals surface area contributed by atoms with Gasteiger partial charge in [0.1, 0.15) is 5.84 Å².